The van der Waals surface area contributed by atoms with E-state index in [1.165, 1.54) is 14.0 Å². The van der Waals surface area contributed by atoms with E-state index in [2.05, 4.69) is 0 Å². The number of nitro groups is 1. The number of nitrogens with zero attached hydrogens (tertiary/aromatic N) is 1. The van der Waals surface area contributed by atoms with Crippen LogP contribution in [0.1, 0.15) is 17.3 Å². The monoisotopic (exact) mass is 298 g/mol. The van der Waals surface area contributed by atoms with Crippen LogP contribution in [0, 0.1) is 16.0 Å². The fourth-order valence-corrected chi connectivity index (χ4v) is 1.44. The normalized spacial score (nSPS) is 11.5. The van der Waals surface area contributed by atoms with Crippen LogP contribution in [-0.4, -0.2) is 35.6 Å². The molecule has 0 aliphatic carbocycles. The lowest BCUT2D eigenvalue weighted by molar-refractivity contribution is -0.385. The molecular formula is C12H14N2O7. The van der Waals surface area contributed by atoms with E-state index >= 15 is 0 Å². The van der Waals surface area contributed by atoms with E-state index < -0.39 is 34.0 Å². The quantitative estimate of drug-likeness (QED) is 0.560. The number of hydrogen-bond donors (Lipinski definition) is 2. The third-order valence-electron chi connectivity index (χ3n) is 2.68. The van der Waals surface area contributed by atoms with Crippen LogP contribution in [0.3, 0.4) is 0 Å². The number of rotatable bonds is 7. The molecule has 0 saturated carbocycles. The molecule has 0 spiro atoms. The number of methoxy groups -OCH3 is 1. The zero-order chi connectivity index (χ0) is 16.2. The zero-order valence-corrected chi connectivity index (χ0v) is 11.4. The molecule has 1 amide bonds. The van der Waals surface area contributed by atoms with Crippen LogP contribution >= 0.6 is 0 Å². The van der Waals surface area contributed by atoms with Gasteiger partial charge in [-0.15, -0.1) is 0 Å². The van der Waals surface area contributed by atoms with Crippen LogP contribution in [0.15, 0.2) is 12.1 Å². The average Bonchev–Trinajstić information content (AvgIpc) is 2.43. The van der Waals surface area contributed by atoms with Crippen molar-refractivity contribution >= 4 is 17.6 Å². The van der Waals surface area contributed by atoms with Crippen molar-refractivity contribution < 1.29 is 29.1 Å². The van der Waals surface area contributed by atoms with Crippen molar-refractivity contribution in [1.82, 2.24) is 0 Å². The van der Waals surface area contributed by atoms with Gasteiger partial charge in [-0.25, -0.2) is 4.79 Å². The van der Waals surface area contributed by atoms with E-state index in [4.69, 9.17) is 20.3 Å². The smallest absolute Gasteiger partial charge is 0.342 e. The second kappa shape index (κ2) is 6.55. The highest BCUT2D eigenvalue weighted by Crippen LogP contribution is 2.35. The minimum atomic E-state index is -1.46. The molecule has 9 nitrogen and oxygen atoms in total. The Bertz CT molecular complexity index is 585. The number of carboxylic acids is 1. The Balaban J connectivity index is 3.19. The first-order chi connectivity index (χ1) is 9.77. The molecule has 114 valence electrons. The third-order valence-corrected chi connectivity index (χ3v) is 2.68. The lowest BCUT2D eigenvalue weighted by Gasteiger charge is -2.13. The second-order valence-electron chi connectivity index (χ2n) is 4.20. The first kappa shape index (κ1) is 16.2. The van der Waals surface area contributed by atoms with Gasteiger partial charge >= 0.3 is 5.97 Å². The Morgan fingerprint density at radius 2 is 2.05 bits per heavy atom. The molecule has 0 bridgehead atoms. The maximum absolute atomic E-state index is 11.0. The summed E-state index contributed by atoms with van der Waals surface area (Å²) in [6.45, 7) is 1.41. The fourth-order valence-electron chi connectivity index (χ4n) is 1.44. The fraction of sp³-hybridized carbons (Fsp3) is 0.333. The summed E-state index contributed by atoms with van der Waals surface area (Å²) in [5.74, 6) is -2.70. The standard InChI is InChI=1S/C12H14N2O7/c1-6(11(13)15)5-21-10-4-8(14(18)19)7(12(16)17)3-9(10)20-2/h3-4,6H,5H2,1-2H3,(H2,13,15)(H,16,17). The number of carboxylic acid groups (broad SMARTS) is 1. The highest BCUT2D eigenvalue weighted by molar-refractivity contribution is 5.93. The van der Waals surface area contributed by atoms with Gasteiger partial charge in [0.1, 0.15) is 5.56 Å². The van der Waals surface area contributed by atoms with E-state index in [1.807, 2.05) is 0 Å². The summed E-state index contributed by atoms with van der Waals surface area (Å²) >= 11 is 0. The lowest BCUT2D eigenvalue weighted by atomic mass is 10.1. The van der Waals surface area contributed by atoms with Gasteiger partial charge in [-0.3, -0.25) is 14.9 Å². The second-order valence-corrected chi connectivity index (χ2v) is 4.20. The molecule has 1 unspecified atom stereocenters. The molecule has 9 heteroatoms. The average molecular weight is 298 g/mol. The van der Waals surface area contributed by atoms with Crippen molar-refractivity contribution in [2.75, 3.05) is 13.7 Å². The Morgan fingerprint density at radius 1 is 1.43 bits per heavy atom. The van der Waals surface area contributed by atoms with Crippen LogP contribution in [0.4, 0.5) is 5.69 Å². The van der Waals surface area contributed by atoms with E-state index in [9.17, 15) is 19.7 Å². The molecule has 1 aromatic carbocycles. The number of hydrogen-bond acceptors (Lipinski definition) is 6. The van der Waals surface area contributed by atoms with Gasteiger partial charge in [-0.05, 0) is 0 Å². The number of nitro benzene ring substituents is 1. The minimum absolute atomic E-state index is 0.00895. The molecule has 1 atom stereocenters. The molecule has 1 aromatic rings. The molecule has 0 aliphatic heterocycles. The van der Waals surface area contributed by atoms with Crippen molar-refractivity contribution in [3.63, 3.8) is 0 Å². The number of amides is 1. The van der Waals surface area contributed by atoms with Gasteiger partial charge in [0, 0.05) is 6.07 Å². The van der Waals surface area contributed by atoms with E-state index in [-0.39, 0.29) is 18.1 Å². The molecule has 1 rings (SSSR count). The van der Waals surface area contributed by atoms with Crippen LogP contribution in [0.25, 0.3) is 0 Å². The molecule has 3 N–H and O–H groups in total. The third kappa shape index (κ3) is 3.81. The molecular weight excluding hydrogens is 284 g/mol. The first-order valence-corrected chi connectivity index (χ1v) is 5.79. The Morgan fingerprint density at radius 3 is 2.48 bits per heavy atom. The molecule has 0 saturated heterocycles. The number of carbonyl (C=O) groups is 2. The Kier molecular flexibility index (Phi) is 5.06. The SMILES string of the molecule is COc1cc(C(=O)O)c([N+](=O)[O-])cc1OCC(C)C(N)=O. The van der Waals surface area contributed by atoms with Crippen LogP contribution < -0.4 is 15.2 Å². The highest BCUT2D eigenvalue weighted by Gasteiger charge is 2.24. The van der Waals surface area contributed by atoms with Crippen LogP contribution in [0.5, 0.6) is 11.5 Å². The van der Waals surface area contributed by atoms with Crippen LogP contribution in [-0.2, 0) is 4.79 Å². The van der Waals surface area contributed by atoms with Crippen molar-refractivity contribution in [3.8, 4) is 11.5 Å². The first-order valence-electron chi connectivity index (χ1n) is 5.79. The Labute approximate surface area is 119 Å². The summed E-state index contributed by atoms with van der Waals surface area (Å²) in [4.78, 5) is 32.0. The minimum Gasteiger partial charge on any atom is -0.493 e. The van der Waals surface area contributed by atoms with Gasteiger partial charge in [0.05, 0.1) is 30.6 Å². The van der Waals surface area contributed by atoms with Gasteiger partial charge in [0.25, 0.3) is 5.69 Å². The van der Waals surface area contributed by atoms with Crippen molar-refractivity contribution in [3.05, 3.63) is 27.8 Å². The number of carbonyl (C=O) groups excluding carboxylic acids is 1. The van der Waals surface area contributed by atoms with Gasteiger partial charge < -0.3 is 20.3 Å². The number of primary amides is 1. The molecule has 0 fully saturated rings. The summed E-state index contributed by atoms with van der Waals surface area (Å²) in [7, 11) is 1.26. The highest BCUT2D eigenvalue weighted by atomic mass is 16.6. The number of aromatic carboxylic acids is 1. The van der Waals surface area contributed by atoms with Crippen molar-refractivity contribution in [1.29, 1.82) is 0 Å². The van der Waals surface area contributed by atoms with Crippen molar-refractivity contribution in [2.45, 2.75) is 6.92 Å². The van der Waals surface area contributed by atoms with Crippen molar-refractivity contribution in [2.24, 2.45) is 11.7 Å². The molecule has 0 radical (unpaired) electrons. The molecule has 0 aliphatic rings. The topological polar surface area (TPSA) is 142 Å². The van der Waals surface area contributed by atoms with Gasteiger partial charge in [0.15, 0.2) is 11.5 Å². The Hall–Kier alpha value is -2.84. The van der Waals surface area contributed by atoms with Gasteiger partial charge in [-0.1, -0.05) is 6.92 Å². The summed E-state index contributed by atoms with van der Waals surface area (Å²) in [6, 6.07) is 1.93. The predicted molar refractivity (Wildman–Crippen MR) is 70.5 cm³/mol. The van der Waals surface area contributed by atoms with Crippen LogP contribution in [0.2, 0.25) is 0 Å². The summed E-state index contributed by atoms with van der Waals surface area (Å²) in [6.07, 6.45) is 0. The molecule has 0 aromatic heterocycles. The maximum Gasteiger partial charge on any atom is 0.342 e. The zero-order valence-electron chi connectivity index (χ0n) is 11.4. The van der Waals surface area contributed by atoms with Gasteiger partial charge in [-0.2, -0.15) is 0 Å². The summed E-state index contributed by atoms with van der Waals surface area (Å²) < 4.78 is 10.2. The van der Waals surface area contributed by atoms with E-state index in [0.29, 0.717) is 0 Å². The predicted octanol–water partition coefficient (Wildman–Crippen LogP) is 0.802. The lowest BCUT2D eigenvalue weighted by Crippen LogP contribution is -2.25. The largest absolute Gasteiger partial charge is 0.493 e. The summed E-state index contributed by atoms with van der Waals surface area (Å²) in [5, 5.41) is 19.9. The van der Waals surface area contributed by atoms with Gasteiger partial charge in [0.2, 0.25) is 5.91 Å². The molecule has 0 heterocycles. The van der Waals surface area contributed by atoms with E-state index in [1.54, 1.807) is 0 Å². The number of ether oxygens (including phenoxy) is 2. The maximum atomic E-state index is 11.0. The number of benzene rings is 1. The molecule has 21 heavy (non-hydrogen) atoms. The number of nitrogens with two attached hydrogens (primary N) is 1. The summed E-state index contributed by atoms with van der Waals surface area (Å²) in [5.41, 5.74) is 3.92. The van der Waals surface area contributed by atoms with E-state index in [0.717, 1.165) is 12.1 Å².